The lowest BCUT2D eigenvalue weighted by molar-refractivity contribution is 0.409. The van der Waals surface area contributed by atoms with Gasteiger partial charge >= 0.3 is 0 Å². The molecule has 0 spiro atoms. The number of benzene rings is 1. The number of hydrogen-bond donors (Lipinski definition) is 1. The molecule has 0 aromatic heterocycles. The lowest BCUT2D eigenvalue weighted by Crippen LogP contribution is -2.24. The molecule has 1 aromatic rings. The predicted molar refractivity (Wildman–Crippen MR) is 75.9 cm³/mol. The topological polar surface area (TPSA) is 21.3 Å². The van der Waals surface area contributed by atoms with Crippen LogP contribution in [0.4, 0.5) is 4.39 Å². The second kappa shape index (κ2) is 6.71. The van der Waals surface area contributed by atoms with E-state index in [2.05, 4.69) is 18.3 Å². The molecule has 0 saturated carbocycles. The summed E-state index contributed by atoms with van der Waals surface area (Å²) in [5.74, 6) is 0.367. The minimum absolute atomic E-state index is 0.00351. The highest BCUT2D eigenvalue weighted by Gasteiger charge is 2.20. The van der Waals surface area contributed by atoms with E-state index < -0.39 is 0 Å². The van der Waals surface area contributed by atoms with Gasteiger partial charge in [-0.3, -0.25) is 0 Å². The second-order valence-electron chi connectivity index (χ2n) is 4.90. The van der Waals surface area contributed by atoms with E-state index in [1.165, 1.54) is 24.5 Å². The van der Waals surface area contributed by atoms with E-state index in [0.29, 0.717) is 5.75 Å². The van der Waals surface area contributed by atoms with Gasteiger partial charge in [0.15, 0.2) is 0 Å². The fraction of sp³-hybridized carbons (Fsp3) is 0.500. The molecule has 1 atom stereocenters. The van der Waals surface area contributed by atoms with Crippen molar-refractivity contribution in [1.29, 1.82) is 0 Å². The zero-order valence-electron chi connectivity index (χ0n) is 11.7. The Labute approximate surface area is 114 Å². The molecule has 1 aliphatic rings. The Morgan fingerprint density at radius 1 is 1.37 bits per heavy atom. The first-order chi connectivity index (χ1) is 9.26. The van der Waals surface area contributed by atoms with E-state index in [1.54, 1.807) is 7.11 Å². The van der Waals surface area contributed by atoms with E-state index in [9.17, 15) is 4.39 Å². The van der Waals surface area contributed by atoms with Crippen molar-refractivity contribution in [3.63, 3.8) is 0 Å². The van der Waals surface area contributed by atoms with Crippen LogP contribution in [0.15, 0.2) is 29.8 Å². The molecule has 0 fully saturated rings. The Balaban J connectivity index is 2.30. The number of halogens is 1. The monoisotopic (exact) mass is 263 g/mol. The number of rotatable bonds is 5. The molecule has 2 rings (SSSR count). The van der Waals surface area contributed by atoms with Crippen molar-refractivity contribution in [1.82, 2.24) is 5.32 Å². The molecular weight excluding hydrogens is 241 g/mol. The molecule has 1 unspecified atom stereocenters. The Kier molecular flexibility index (Phi) is 4.97. The summed E-state index contributed by atoms with van der Waals surface area (Å²) in [4.78, 5) is 0. The van der Waals surface area contributed by atoms with E-state index in [4.69, 9.17) is 4.74 Å². The summed E-state index contributed by atoms with van der Waals surface area (Å²) in [5, 5.41) is 3.40. The lowest BCUT2D eigenvalue weighted by atomic mass is 9.89. The van der Waals surface area contributed by atoms with Crippen molar-refractivity contribution >= 4 is 0 Å². The van der Waals surface area contributed by atoms with Gasteiger partial charge in [0.2, 0.25) is 0 Å². The van der Waals surface area contributed by atoms with Crippen molar-refractivity contribution in [2.45, 2.75) is 38.6 Å². The van der Waals surface area contributed by atoms with Gasteiger partial charge in [-0.25, -0.2) is 4.39 Å². The fourth-order valence-corrected chi connectivity index (χ4v) is 2.64. The molecular formula is C16H22FNO. The molecule has 2 nitrogen and oxygen atoms in total. The molecule has 0 radical (unpaired) electrons. The van der Waals surface area contributed by atoms with E-state index in [0.717, 1.165) is 24.9 Å². The maximum absolute atomic E-state index is 14.2. The van der Waals surface area contributed by atoms with Crippen molar-refractivity contribution in [2.24, 2.45) is 0 Å². The minimum Gasteiger partial charge on any atom is -0.497 e. The first-order valence-electron chi connectivity index (χ1n) is 7.02. The number of nitrogens with one attached hydrogen (secondary N) is 1. The highest BCUT2D eigenvalue weighted by molar-refractivity contribution is 5.35. The van der Waals surface area contributed by atoms with Crippen LogP contribution in [0.3, 0.4) is 0 Å². The summed E-state index contributed by atoms with van der Waals surface area (Å²) >= 11 is 0. The number of hydrogen-bond acceptors (Lipinski definition) is 2. The van der Waals surface area contributed by atoms with Gasteiger partial charge in [0.25, 0.3) is 0 Å². The third-order valence-corrected chi connectivity index (χ3v) is 3.62. The van der Waals surface area contributed by atoms with Gasteiger partial charge in [-0.15, -0.1) is 0 Å². The van der Waals surface area contributed by atoms with Crippen LogP contribution in [0.1, 0.15) is 44.2 Å². The van der Waals surface area contributed by atoms with Gasteiger partial charge in [-0.05, 0) is 38.3 Å². The van der Waals surface area contributed by atoms with E-state index in [-0.39, 0.29) is 11.9 Å². The average molecular weight is 263 g/mol. The van der Waals surface area contributed by atoms with Crippen molar-refractivity contribution in [2.75, 3.05) is 13.7 Å². The zero-order valence-corrected chi connectivity index (χ0v) is 11.7. The molecule has 1 aromatic carbocycles. The van der Waals surface area contributed by atoms with Gasteiger partial charge in [0.05, 0.1) is 13.2 Å². The summed E-state index contributed by atoms with van der Waals surface area (Å²) in [7, 11) is 1.56. The summed E-state index contributed by atoms with van der Waals surface area (Å²) in [6.07, 6.45) is 6.87. The van der Waals surface area contributed by atoms with Crippen LogP contribution in [0, 0.1) is 5.82 Å². The van der Waals surface area contributed by atoms with Crippen LogP contribution < -0.4 is 10.1 Å². The first-order valence-corrected chi connectivity index (χ1v) is 7.02. The largest absolute Gasteiger partial charge is 0.497 e. The van der Waals surface area contributed by atoms with Crippen molar-refractivity contribution in [3.8, 4) is 5.75 Å². The quantitative estimate of drug-likeness (QED) is 0.811. The first kappa shape index (κ1) is 14.1. The van der Waals surface area contributed by atoms with E-state index in [1.807, 2.05) is 12.1 Å². The lowest BCUT2D eigenvalue weighted by Gasteiger charge is -2.25. The van der Waals surface area contributed by atoms with Crippen LogP contribution in [0.25, 0.3) is 0 Å². The van der Waals surface area contributed by atoms with Crippen LogP contribution >= 0.6 is 0 Å². The van der Waals surface area contributed by atoms with Crippen LogP contribution in [0.2, 0.25) is 0 Å². The molecule has 0 bridgehead atoms. The molecule has 1 N–H and O–H groups in total. The molecule has 19 heavy (non-hydrogen) atoms. The minimum atomic E-state index is -0.197. The number of ether oxygens (including phenoxy) is 1. The van der Waals surface area contributed by atoms with Gasteiger partial charge in [0, 0.05) is 11.6 Å². The maximum Gasteiger partial charge on any atom is 0.132 e. The van der Waals surface area contributed by atoms with Crippen LogP contribution in [0.5, 0.6) is 5.75 Å². The van der Waals surface area contributed by atoms with Gasteiger partial charge in [0.1, 0.15) is 11.6 Å². The van der Waals surface area contributed by atoms with Crippen LogP contribution in [-0.4, -0.2) is 13.7 Å². The number of methoxy groups -OCH3 is 1. The predicted octanol–water partition coefficient (Wildman–Crippen LogP) is 3.99. The van der Waals surface area contributed by atoms with Crippen LogP contribution in [-0.2, 0) is 0 Å². The van der Waals surface area contributed by atoms with Gasteiger partial charge in [-0.2, -0.15) is 0 Å². The zero-order chi connectivity index (χ0) is 13.7. The van der Waals surface area contributed by atoms with Gasteiger partial charge in [-0.1, -0.05) is 24.6 Å². The fourth-order valence-electron chi connectivity index (χ4n) is 2.64. The molecule has 0 heterocycles. The number of allylic oxidation sites excluding steroid dienone is 1. The third-order valence-electron chi connectivity index (χ3n) is 3.62. The molecule has 104 valence electrons. The Hall–Kier alpha value is -1.35. The summed E-state index contributed by atoms with van der Waals surface area (Å²) in [6, 6.07) is 5.11. The van der Waals surface area contributed by atoms with Gasteiger partial charge < -0.3 is 10.1 Å². The smallest absolute Gasteiger partial charge is 0.132 e. The second-order valence-corrected chi connectivity index (χ2v) is 4.90. The molecule has 0 amide bonds. The summed E-state index contributed by atoms with van der Waals surface area (Å²) in [6.45, 7) is 2.88. The van der Waals surface area contributed by atoms with E-state index >= 15 is 0 Å². The Morgan fingerprint density at radius 3 is 2.79 bits per heavy atom. The molecule has 3 heteroatoms. The molecule has 0 saturated heterocycles. The third kappa shape index (κ3) is 3.35. The Morgan fingerprint density at radius 2 is 2.21 bits per heavy atom. The maximum atomic E-state index is 14.2. The molecule has 0 aliphatic heterocycles. The summed E-state index contributed by atoms with van der Waals surface area (Å²) in [5.41, 5.74) is 2.04. The molecule has 1 aliphatic carbocycles. The Bertz CT molecular complexity index is 456. The number of likely N-dealkylation sites (N-methyl/N-ethyl adjacent to an activating group) is 1. The average Bonchev–Trinajstić information content (AvgIpc) is 2.46. The highest BCUT2D eigenvalue weighted by atomic mass is 19.1. The standard InChI is InChI=1S/C16H22FNO/c1-3-18-16(12-7-5-4-6-8-12)14-10-9-13(19-2)11-15(14)17/h7,9-11,16,18H,3-6,8H2,1-2H3. The normalized spacial score (nSPS) is 16.9. The van der Waals surface area contributed by atoms with Crippen molar-refractivity contribution in [3.05, 3.63) is 41.2 Å². The summed E-state index contributed by atoms with van der Waals surface area (Å²) < 4.78 is 19.3. The SMILES string of the molecule is CCNC(C1=CCCCC1)c1ccc(OC)cc1F. The van der Waals surface area contributed by atoms with Crippen molar-refractivity contribution < 1.29 is 9.13 Å². The highest BCUT2D eigenvalue weighted by Crippen LogP contribution is 2.32.